The number of hydrogen-bond acceptors (Lipinski definition) is 3. The molecule has 4 nitrogen and oxygen atoms in total. The van der Waals surface area contributed by atoms with Gasteiger partial charge in [-0.15, -0.1) is 0 Å². The molecule has 2 unspecified atom stereocenters. The van der Waals surface area contributed by atoms with Crippen molar-refractivity contribution in [2.45, 2.75) is 58.0 Å². The van der Waals surface area contributed by atoms with Gasteiger partial charge < -0.3 is 14.7 Å². The highest BCUT2D eigenvalue weighted by atomic mass is 16.3. The molecule has 0 saturated heterocycles. The second kappa shape index (κ2) is 5.44. The van der Waals surface area contributed by atoms with Gasteiger partial charge in [0.25, 0.3) is 0 Å². The highest BCUT2D eigenvalue weighted by Gasteiger charge is 2.29. The van der Waals surface area contributed by atoms with E-state index < -0.39 is 0 Å². The summed E-state index contributed by atoms with van der Waals surface area (Å²) in [6.07, 6.45) is 7.32. The standard InChI is InChI=1S/C16H23N3O/c1-3-12(17)16(15-9-6-10-20-15)19-11(2)18-13-7-4-5-8-14(13)19/h6,9-10,12,16H,3-5,7-8,17H2,1-2H3. The maximum absolute atomic E-state index is 6.39. The predicted octanol–water partition coefficient (Wildman–Crippen LogP) is 2.99. The highest BCUT2D eigenvalue weighted by Crippen LogP contribution is 2.31. The zero-order valence-electron chi connectivity index (χ0n) is 12.3. The Kier molecular flexibility index (Phi) is 3.66. The van der Waals surface area contributed by atoms with Crippen LogP contribution in [0.15, 0.2) is 22.8 Å². The first-order valence-corrected chi connectivity index (χ1v) is 7.58. The van der Waals surface area contributed by atoms with Crippen LogP contribution in [0.1, 0.15) is 55.2 Å². The normalized spacial score (nSPS) is 17.8. The molecule has 20 heavy (non-hydrogen) atoms. The summed E-state index contributed by atoms with van der Waals surface area (Å²) in [5.74, 6) is 2.00. The van der Waals surface area contributed by atoms with Gasteiger partial charge >= 0.3 is 0 Å². The third kappa shape index (κ3) is 2.18. The van der Waals surface area contributed by atoms with Gasteiger partial charge in [0, 0.05) is 11.7 Å². The highest BCUT2D eigenvalue weighted by molar-refractivity contribution is 5.24. The molecule has 108 valence electrons. The van der Waals surface area contributed by atoms with Crippen LogP contribution in [-0.2, 0) is 12.8 Å². The summed E-state index contributed by atoms with van der Waals surface area (Å²) in [4.78, 5) is 4.76. The second-order valence-electron chi connectivity index (χ2n) is 5.66. The first kappa shape index (κ1) is 13.4. The number of nitrogens with zero attached hydrogens (tertiary/aromatic N) is 2. The molecule has 4 heteroatoms. The summed E-state index contributed by atoms with van der Waals surface area (Å²) in [5.41, 5.74) is 9.01. The second-order valence-corrected chi connectivity index (χ2v) is 5.66. The minimum atomic E-state index is 0.0417. The fourth-order valence-electron chi connectivity index (χ4n) is 3.28. The minimum absolute atomic E-state index is 0.0417. The Balaban J connectivity index is 2.10. The lowest BCUT2D eigenvalue weighted by atomic mass is 9.98. The third-order valence-corrected chi connectivity index (χ3v) is 4.34. The number of fused-ring (bicyclic) bond motifs is 1. The molecule has 0 spiro atoms. The minimum Gasteiger partial charge on any atom is -0.467 e. The van der Waals surface area contributed by atoms with E-state index in [0.29, 0.717) is 0 Å². The molecule has 2 heterocycles. The van der Waals surface area contributed by atoms with E-state index in [0.717, 1.165) is 30.8 Å². The summed E-state index contributed by atoms with van der Waals surface area (Å²) >= 11 is 0. The monoisotopic (exact) mass is 273 g/mol. The van der Waals surface area contributed by atoms with Gasteiger partial charge in [0.2, 0.25) is 0 Å². The van der Waals surface area contributed by atoms with E-state index in [1.807, 2.05) is 12.1 Å². The molecule has 0 saturated carbocycles. The average molecular weight is 273 g/mol. The van der Waals surface area contributed by atoms with Crippen molar-refractivity contribution in [1.29, 1.82) is 0 Å². The Morgan fingerprint density at radius 1 is 1.40 bits per heavy atom. The fraction of sp³-hybridized carbons (Fsp3) is 0.562. The summed E-state index contributed by atoms with van der Waals surface area (Å²) in [6.45, 7) is 4.20. The summed E-state index contributed by atoms with van der Waals surface area (Å²) in [7, 11) is 0. The predicted molar refractivity (Wildman–Crippen MR) is 78.7 cm³/mol. The average Bonchev–Trinajstić information content (AvgIpc) is 3.08. The number of imidazole rings is 1. The van der Waals surface area contributed by atoms with Crippen molar-refractivity contribution < 1.29 is 4.42 Å². The SMILES string of the molecule is CCC(N)C(c1ccco1)n1c(C)nc2c1CCCC2. The number of furan rings is 1. The number of aryl methyl sites for hydroxylation is 2. The van der Waals surface area contributed by atoms with Crippen LogP contribution in [0.3, 0.4) is 0 Å². The molecular formula is C16H23N3O. The Bertz CT molecular complexity index is 571. The van der Waals surface area contributed by atoms with Crippen LogP contribution >= 0.6 is 0 Å². The Morgan fingerprint density at radius 2 is 2.20 bits per heavy atom. The lowest BCUT2D eigenvalue weighted by molar-refractivity contribution is 0.360. The Labute approximate surface area is 120 Å². The molecule has 0 aromatic carbocycles. The summed E-state index contributed by atoms with van der Waals surface area (Å²) in [6, 6.07) is 4.06. The first-order valence-electron chi connectivity index (χ1n) is 7.58. The zero-order chi connectivity index (χ0) is 14.1. The third-order valence-electron chi connectivity index (χ3n) is 4.34. The van der Waals surface area contributed by atoms with Crippen molar-refractivity contribution in [2.24, 2.45) is 5.73 Å². The molecule has 0 amide bonds. The van der Waals surface area contributed by atoms with E-state index in [9.17, 15) is 0 Å². The van der Waals surface area contributed by atoms with Gasteiger partial charge in [-0.2, -0.15) is 0 Å². The fourth-order valence-corrected chi connectivity index (χ4v) is 3.28. The van der Waals surface area contributed by atoms with Crippen LogP contribution in [0.5, 0.6) is 0 Å². The molecular weight excluding hydrogens is 250 g/mol. The topological polar surface area (TPSA) is 57.0 Å². The van der Waals surface area contributed by atoms with Crippen molar-refractivity contribution in [3.8, 4) is 0 Å². The molecule has 2 aromatic heterocycles. The van der Waals surface area contributed by atoms with Crippen LogP contribution in [0.25, 0.3) is 0 Å². The molecule has 2 atom stereocenters. The number of aromatic nitrogens is 2. The van der Waals surface area contributed by atoms with E-state index >= 15 is 0 Å². The Morgan fingerprint density at radius 3 is 2.90 bits per heavy atom. The van der Waals surface area contributed by atoms with E-state index in [-0.39, 0.29) is 12.1 Å². The molecule has 1 aliphatic rings. The lowest BCUT2D eigenvalue weighted by Gasteiger charge is -2.27. The molecule has 0 fully saturated rings. The van der Waals surface area contributed by atoms with Gasteiger partial charge in [0.05, 0.1) is 12.0 Å². The first-order chi connectivity index (χ1) is 9.72. The number of nitrogens with two attached hydrogens (primary N) is 1. The van der Waals surface area contributed by atoms with Crippen molar-refractivity contribution in [1.82, 2.24) is 9.55 Å². The Hall–Kier alpha value is -1.55. The van der Waals surface area contributed by atoms with Gasteiger partial charge in [0.15, 0.2) is 0 Å². The van der Waals surface area contributed by atoms with Gasteiger partial charge in [-0.25, -0.2) is 4.98 Å². The van der Waals surface area contributed by atoms with Crippen LogP contribution in [0.2, 0.25) is 0 Å². The van der Waals surface area contributed by atoms with E-state index in [2.05, 4.69) is 18.4 Å². The van der Waals surface area contributed by atoms with Gasteiger partial charge in [0.1, 0.15) is 17.6 Å². The quantitative estimate of drug-likeness (QED) is 0.931. The van der Waals surface area contributed by atoms with Crippen molar-refractivity contribution in [3.63, 3.8) is 0 Å². The van der Waals surface area contributed by atoms with Gasteiger partial charge in [-0.05, 0) is 51.2 Å². The van der Waals surface area contributed by atoms with Crippen molar-refractivity contribution in [2.75, 3.05) is 0 Å². The van der Waals surface area contributed by atoms with Crippen LogP contribution in [0.4, 0.5) is 0 Å². The van der Waals surface area contributed by atoms with Crippen LogP contribution in [-0.4, -0.2) is 15.6 Å². The van der Waals surface area contributed by atoms with E-state index in [1.54, 1.807) is 6.26 Å². The lowest BCUT2D eigenvalue weighted by Crippen LogP contribution is -2.34. The molecule has 0 radical (unpaired) electrons. The van der Waals surface area contributed by atoms with E-state index in [4.69, 9.17) is 15.1 Å². The molecule has 3 rings (SSSR count). The van der Waals surface area contributed by atoms with Gasteiger partial charge in [-0.1, -0.05) is 6.92 Å². The summed E-state index contributed by atoms with van der Waals surface area (Å²) in [5, 5.41) is 0. The van der Waals surface area contributed by atoms with Crippen molar-refractivity contribution in [3.05, 3.63) is 41.4 Å². The van der Waals surface area contributed by atoms with Gasteiger partial charge in [-0.3, -0.25) is 0 Å². The van der Waals surface area contributed by atoms with Crippen LogP contribution < -0.4 is 5.73 Å². The summed E-state index contributed by atoms with van der Waals surface area (Å²) < 4.78 is 7.98. The largest absolute Gasteiger partial charge is 0.467 e. The number of rotatable bonds is 4. The van der Waals surface area contributed by atoms with Crippen molar-refractivity contribution >= 4 is 0 Å². The van der Waals surface area contributed by atoms with E-state index in [1.165, 1.54) is 24.2 Å². The van der Waals surface area contributed by atoms with Crippen LogP contribution in [0, 0.1) is 6.92 Å². The smallest absolute Gasteiger partial charge is 0.128 e. The molecule has 1 aliphatic carbocycles. The maximum Gasteiger partial charge on any atom is 0.128 e. The zero-order valence-corrected chi connectivity index (χ0v) is 12.3. The molecule has 0 bridgehead atoms. The number of hydrogen-bond donors (Lipinski definition) is 1. The molecule has 0 aliphatic heterocycles. The molecule has 2 N–H and O–H groups in total. The maximum atomic E-state index is 6.39. The molecule has 2 aromatic rings.